The van der Waals surface area contributed by atoms with Gasteiger partial charge in [0.25, 0.3) is 0 Å². The van der Waals surface area contributed by atoms with Crippen molar-refractivity contribution in [2.45, 2.75) is 46.1 Å². The Morgan fingerprint density at radius 2 is 2.07 bits per heavy atom. The molecule has 1 saturated carbocycles. The molecule has 1 aliphatic rings. The quantitative estimate of drug-likeness (QED) is 0.733. The Morgan fingerprint density at radius 1 is 1.36 bits per heavy atom. The summed E-state index contributed by atoms with van der Waals surface area (Å²) in [4.78, 5) is 2.56. The highest BCUT2D eigenvalue weighted by Crippen LogP contribution is 2.24. The number of hydrogen-bond donors (Lipinski definition) is 1. The van der Waals surface area contributed by atoms with Crippen LogP contribution in [0.4, 0.5) is 0 Å². The van der Waals surface area contributed by atoms with E-state index in [0.717, 1.165) is 11.8 Å². The standard InChI is InChI=1S/C12H26N2/c1-4-14(8-10(2)3)9-11-6-5-7-12(11)13/h10-12H,4-9,13H2,1-3H3. The Kier molecular flexibility index (Phi) is 4.90. The van der Waals surface area contributed by atoms with Gasteiger partial charge in [-0.25, -0.2) is 0 Å². The Balaban J connectivity index is 2.31. The van der Waals surface area contributed by atoms with E-state index in [1.54, 1.807) is 0 Å². The van der Waals surface area contributed by atoms with Gasteiger partial charge in [-0.05, 0) is 31.2 Å². The highest BCUT2D eigenvalue weighted by atomic mass is 15.1. The van der Waals surface area contributed by atoms with E-state index in [4.69, 9.17) is 5.73 Å². The second-order valence-electron chi connectivity index (χ2n) is 5.10. The molecule has 1 rings (SSSR count). The molecule has 2 unspecified atom stereocenters. The number of nitrogens with zero attached hydrogens (tertiary/aromatic N) is 1. The van der Waals surface area contributed by atoms with Crippen molar-refractivity contribution in [3.63, 3.8) is 0 Å². The zero-order valence-electron chi connectivity index (χ0n) is 10.00. The van der Waals surface area contributed by atoms with Gasteiger partial charge in [-0.15, -0.1) is 0 Å². The van der Waals surface area contributed by atoms with Crippen molar-refractivity contribution >= 4 is 0 Å². The number of hydrogen-bond acceptors (Lipinski definition) is 2. The summed E-state index contributed by atoms with van der Waals surface area (Å²) in [5.74, 6) is 1.53. The van der Waals surface area contributed by atoms with E-state index in [9.17, 15) is 0 Å². The highest BCUT2D eigenvalue weighted by molar-refractivity contribution is 4.82. The average molecular weight is 198 g/mol. The van der Waals surface area contributed by atoms with Crippen LogP contribution in [0.5, 0.6) is 0 Å². The second kappa shape index (κ2) is 5.72. The minimum Gasteiger partial charge on any atom is -0.327 e. The maximum Gasteiger partial charge on any atom is 0.00793 e. The summed E-state index contributed by atoms with van der Waals surface area (Å²) >= 11 is 0. The van der Waals surface area contributed by atoms with Crippen LogP contribution in [-0.4, -0.2) is 30.6 Å². The minimum absolute atomic E-state index is 0.469. The van der Waals surface area contributed by atoms with Crippen LogP contribution in [0.1, 0.15) is 40.0 Å². The van der Waals surface area contributed by atoms with E-state index in [1.807, 2.05) is 0 Å². The Bertz CT molecular complexity index is 156. The van der Waals surface area contributed by atoms with Crippen LogP contribution in [0, 0.1) is 11.8 Å². The largest absolute Gasteiger partial charge is 0.327 e. The molecule has 0 aromatic carbocycles. The van der Waals surface area contributed by atoms with E-state index in [2.05, 4.69) is 25.7 Å². The molecule has 0 spiro atoms. The van der Waals surface area contributed by atoms with Gasteiger partial charge in [0.15, 0.2) is 0 Å². The van der Waals surface area contributed by atoms with Gasteiger partial charge in [0, 0.05) is 19.1 Å². The van der Waals surface area contributed by atoms with Crippen LogP contribution in [0.15, 0.2) is 0 Å². The fourth-order valence-electron chi connectivity index (χ4n) is 2.47. The van der Waals surface area contributed by atoms with E-state index >= 15 is 0 Å². The van der Waals surface area contributed by atoms with E-state index in [-0.39, 0.29) is 0 Å². The first-order valence-electron chi connectivity index (χ1n) is 6.11. The van der Waals surface area contributed by atoms with Gasteiger partial charge in [0.2, 0.25) is 0 Å². The van der Waals surface area contributed by atoms with Crippen LogP contribution in [0.2, 0.25) is 0 Å². The molecule has 0 aromatic rings. The Hall–Kier alpha value is -0.0800. The molecule has 1 fully saturated rings. The molecule has 0 aliphatic heterocycles. The van der Waals surface area contributed by atoms with Crippen molar-refractivity contribution in [3.05, 3.63) is 0 Å². The van der Waals surface area contributed by atoms with Crippen molar-refractivity contribution in [2.24, 2.45) is 17.6 Å². The van der Waals surface area contributed by atoms with Gasteiger partial charge in [-0.1, -0.05) is 27.2 Å². The lowest BCUT2D eigenvalue weighted by Crippen LogP contribution is -2.37. The molecule has 0 heterocycles. The van der Waals surface area contributed by atoms with Crippen molar-refractivity contribution in [3.8, 4) is 0 Å². The van der Waals surface area contributed by atoms with Crippen LogP contribution < -0.4 is 5.73 Å². The summed E-state index contributed by atoms with van der Waals surface area (Å²) < 4.78 is 0. The Morgan fingerprint density at radius 3 is 2.50 bits per heavy atom. The third-order valence-electron chi connectivity index (χ3n) is 3.28. The molecule has 0 radical (unpaired) electrons. The summed E-state index contributed by atoms with van der Waals surface area (Å²) in [5.41, 5.74) is 6.09. The summed E-state index contributed by atoms with van der Waals surface area (Å²) in [6.07, 6.45) is 3.92. The van der Waals surface area contributed by atoms with Gasteiger partial charge >= 0.3 is 0 Å². The summed E-state index contributed by atoms with van der Waals surface area (Å²) in [6.45, 7) is 10.4. The maximum absolute atomic E-state index is 6.09. The topological polar surface area (TPSA) is 29.3 Å². The molecule has 2 N–H and O–H groups in total. The predicted octanol–water partition coefficient (Wildman–Crippen LogP) is 2.09. The molecular formula is C12H26N2. The first kappa shape index (κ1) is 12.0. The van der Waals surface area contributed by atoms with Crippen molar-refractivity contribution in [1.82, 2.24) is 4.90 Å². The molecule has 84 valence electrons. The van der Waals surface area contributed by atoms with Gasteiger partial charge in [-0.2, -0.15) is 0 Å². The Labute approximate surface area is 88.8 Å². The van der Waals surface area contributed by atoms with Crippen molar-refractivity contribution in [2.75, 3.05) is 19.6 Å². The monoisotopic (exact) mass is 198 g/mol. The lowest BCUT2D eigenvalue weighted by Gasteiger charge is -2.27. The average Bonchev–Trinajstić information content (AvgIpc) is 2.50. The second-order valence-corrected chi connectivity index (χ2v) is 5.10. The lowest BCUT2D eigenvalue weighted by atomic mass is 10.0. The predicted molar refractivity (Wildman–Crippen MR) is 62.3 cm³/mol. The molecule has 14 heavy (non-hydrogen) atoms. The fraction of sp³-hybridized carbons (Fsp3) is 1.00. The molecule has 2 nitrogen and oxygen atoms in total. The molecular weight excluding hydrogens is 172 g/mol. The van der Waals surface area contributed by atoms with E-state index in [1.165, 1.54) is 38.9 Å². The third kappa shape index (κ3) is 3.58. The van der Waals surface area contributed by atoms with Gasteiger partial charge in [-0.3, -0.25) is 0 Å². The van der Waals surface area contributed by atoms with Gasteiger partial charge < -0.3 is 10.6 Å². The zero-order chi connectivity index (χ0) is 10.6. The lowest BCUT2D eigenvalue weighted by molar-refractivity contribution is 0.211. The molecule has 2 atom stereocenters. The van der Waals surface area contributed by atoms with Gasteiger partial charge in [0.05, 0.1) is 0 Å². The normalized spacial score (nSPS) is 27.9. The van der Waals surface area contributed by atoms with Crippen molar-refractivity contribution < 1.29 is 0 Å². The molecule has 2 heteroatoms. The van der Waals surface area contributed by atoms with Crippen LogP contribution in [0.25, 0.3) is 0 Å². The van der Waals surface area contributed by atoms with Crippen LogP contribution in [0.3, 0.4) is 0 Å². The minimum atomic E-state index is 0.469. The van der Waals surface area contributed by atoms with E-state index < -0.39 is 0 Å². The number of rotatable bonds is 5. The van der Waals surface area contributed by atoms with Crippen LogP contribution in [-0.2, 0) is 0 Å². The number of nitrogens with two attached hydrogens (primary N) is 1. The molecule has 1 aliphatic carbocycles. The third-order valence-corrected chi connectivity index (χ3v) is 3.28. The fourth-order valence-corrected chi connectivity index (χ4v) is 2.47. The molecule has 0 aromatic heterocycles. The SMILES string of the molecule is CCN(CC(C)C)CC1CCCC1N. The van der Waals surface area contributed by atoms with E-state index in [0.29, 0.717) is 6.04 Å². The summed E-state index contributed by atoms with van der Waals surface area (Å²) in [6, 6.07) is 0.469. The molecule has 0 saturated heterocycles. The first-order valence-corrected chi connectivity index (χ1v) is 6.11. The summed E-state index contributed by atoms with van der Waals surface area (Å²) in [5, 5.41) is 0. The summed E-state index contributed by atoms with van der Waals surface area (Å²) in [7, 11) is 0. The molecule has 0 bridgehead atoms. The first-order chi connectivity index (χ1) is 6.63. The van der Waals surface area contributed by atoms with Crippen LogP contribution >= 0.6 is 0 Å². The van der Waals surface area contributed by atoms with Crippen molar-refractivity contribution in [1.29, 1.82) is 0 Å². The molecule has 0 amide bonds. The smallest absolute Gasteiger partial charge is 0.00793 e. The highest BCUT2D eigenvalue weighted by Gasteiger charge is 2.25. The van der Waals surface area contributed by atoms with Gasteiger partial charge in [0.1, 0.15) is 0 Å². The zero-order valence-corrected chi connectivity index (χ0v) is 10.00. The maximum atomic E-state index is 6.09.